The van der Waals surface area contributed by atoms with Gasteiger partial charge in [-0.2, -0.15) is 0 Å². The molecule has 1 unspecified atom stereocenters. The summed E-state index contributed by atoms with van der Waals surface area (Å²) >= 11 is 12.5. The number of aryl methyl sites for hydroxylation is 1. The maximum absolute atomic E-state index is 12.6. The van der Waals surface area contributed by atoms with Crippen LogP contribution >= 0.6 is 23.2 Å². The van der Waals surface area contributed by atoms with E-state index in [-0.39, 0.29) is 41.7 Å². The summed E-state index contributed by atoms with van der Waals surface area (Å²) in [5.74, 6) is 2.07. The molecule has 1 saturated heterocycles. The van der Waals surface area contributed by atoms with Crippen LogP contribution in [0.5, 0.6) is 0 Å². The number of halogens is 2. The second-order valence-corrected chi connectivity index (χ2v) is 23.2. The highest BCUT2D eigenvalue weighted by Crippen LogP contribution is 2.45. The van der Waals surface area contributed by atoms with E-state index in [1.165, 1.54) is 11.9 Å². The Labute approximate surface area is 451 Å². The number of unbranched alkanes of at least 4 members (excludes halogenated alkanes) is 1. The number of H-pyrrole nitrogens is 1. The summed E-state index contributed by atoms with van der Waals surface area (Å²) in [5, 5.41) is 34.3. The number of ether oxygens (including phenoxy) is 1. The van der Waals surface area contributed by atoms with Gasteiger partial charge in [0.1, 0.15) is 48.4 Å². The fourth-order valence-corrected chi connectivity index (χ4v) is 11.9. The van der Waals surface area contributed by atoms with Crippen molar-refractivity contribution in [2.45, 2.75) is 133 Å². The van der Waals surface area contributed by atoms with Gasteiger partial charge in [0, 0.05) is 62.4 Å². The second kappa shape index (κ2) is 22.0. The molecule has 1 aliphatic heterocycles. The number of aliphatic hydroxyl groups excluding tert-OH is 2. The van der Waals surface area contributed by atoms with Crippen molar-refractivity contribution < 1.29 is 24.6 Å². The molecule has 20 nitrogen and oxygen atoms in total. The molecule has 0 spiro atoms. The number of carbonyl (C=O) groups is 1. The van der Waals surface area contributed by atoms with Crippen molar-refractivity contribution in [3.8, 4) is 0 Å². The first-order valence-corrected chi connectivity index (χ1v) is 27.5. The zero-order valence-corrected chi connectivity index (χ0v) is 45.2. The number of anilines is 3. The van der Waals surface area contributed by atoms with Crippen molar-refractivity contribution >= 4 is 79.8 Å². The normalized spacial score (nSPS) is 25.0. The first kappa shape index (κ1) is 52.3. The second-order valence-electron chi connectivity index (χ2n) is 22.4. The quantitative estimate of drug-likeness (QED) is 0.0300. The molecule has 0 bridgehead atoms. The van der Waals surface area contributed by atoms with Crippen LogP contribution in [0.2, 0.25) is 10.0 Å². The van der Waals surface area contributed by atoms with Gasteiger partial charge in [-0.05, 0) is 107 Å². The molecule has 11 rings (SSSR count). The number of imidazole rings is 2. The SMILES string of the molecule is CC1O[C@@H]2[C@H](C[C@@H](n3ccc4c(NC5CC5)ncnc43)[C@@H]2ONc2ncnc3c2ncn3[C@@H]2C[C@H](CN(C)CCCNC(=O)Nc3ccc(C(C)(C)C)cc3)[C@@H](O)[C@H]2O)CN1CCCCc1nc2cc(Cl)c(Cl)cc2[nH]1. The summed E-state index contributed by atoms with van der Waals surface area (Å²) in [5.41, 5.74) is 8.69. The fraction of sp³-hybridized carbons (Fsp3) is 0.537. The molecule has 7 aromatic rings. The van der Waals surface area contributed by atoms with Gasteiger partial charge in [0.2, 0.25) is 0 Å². The number of fused-ring (bicyclic) bond motifs is 4. The molecular weight excluding hydrogens is 1010 g/mol. The van der Waals surface area contributed by atoms with Gasteiger partial charge >= 0.3 is 6.03 Å². The van der Waals surface area contributed by atoms with E-state index in [9.17, 15) is 15.0 Å². The summed E-state index contributed by atoms with van der Waals surface area (Å²) in [6, 6.07) is 13.2. The van der Waals surface area contributed by atoms with Crippen molar-refractivity contribution in [2.24, 2.45) is 11.8 Å². The molecule has 3 aliphatic carbocycles. The highest BCUT2D eigenvalue weighted by atomic mass is 35.5. The monoisotopic (exact) mass is 1080 g/mol. The van der Waals surface area contributed by atoms with E-state index < -0.39 is 24.4 Å². The number of nitrogens with zero attached hydrogens (tertiary/aromatic N) is 10. The average molecular weight is 1080 g/mol. The lowest BCUT2D eigenvalue weighted by Gasteiger charge is -2.41. The number of benzene rings is 2. The largest absolute Gasteiger partial charge is 0.390 e. The molecule has 76 heavy (non-hydrogen) atoms. The number of hydrogen-bond acceptors (Lipinski definition) is 15. The number of nitrogens with one attached hydrogen (secondary N) is 5. The number of rotatable bonds is 19. The van der Waals surface area contributed by atoms with Crippen molar-refractivity contribution in [2.75, 3.05) is 55.9 Å². The third-order valence-corrected chi connectivity index (χ3v) is 16.6. The first-order chi connectivity index (χ1) is 36.6. The van der Waals surface area contributed by atoms with Crippen LogP contribution in [-0.4, -0.2) is 147 Å². The minimum Gasteiger partial charge on any atom is -0.390 e. The summed E-state index contributed by atoms with van der Waals surface area (Å²) in [7, 11) is 1.99. The van der Waals surface area contributed by atoms with E-state index in [2.05, 4.69) is 95.7 Å². The third kappa shape index (κ3) is 11.2. The number of aliphatic hydroxyl groups is 2. The number of hydrogen-bond donors (Lipinski definition) is 7. The smallest absolute Gasteiger partial charge is 0.319 e. The Morgan fingerprint density at radius 3 is 2.49 bits per heavy atom. The zero-order valence-electron chi connectivity index (χ0n) is 43.7. The molecular formula is C54H69Cl2N15O5. The predicted octanol–water partition coefficient (Wildman–Crippen LogP) is 8.10. The minimum atomic E-state index is -1.04. The van der Waals surface area contributed by atoms with Crippen LogP contribution in [0.25, 0.3) is 33.2 Å². The van der Waals surface area contributed by atoms with Gasteiger partial charge in [0.05, 0.1) is 57.1 Å². The molecule has 0 radical (unpaired) electrons. The molecule has 22 heteroatoms. The van der Waals surface area contributed by atoms with Gasteiger partial charge in [-0.3, -0.25) is 9.74 Å². The van der Waals surface area contributed by atoms with Gasteiger partial charge in [0.25, 0.3) is 0 Å². The van der Waals surface area contributed by atoms with Crippen molar-refractivity contribution in [3.05, 3.63) is 89.1 Å². The number of urea groups is 1. The molecule has 2 aromatic carbocycles. The third-order valence-electron chi connectivity index (χ3n) is 15.9. The van der Waals surface area contributed by atoms with E-state index >= 15 is 0 Å². The van der Waals surface area contributed by atoms with E-state index in [1.807, 2.05) is 41.9 Å². The molecule has 404 valence electrons. The van der Waals surface area contributed by atoms with Gasteiger partial charge in [-0.15, -0.1) is 0 Å². The molecule has 6 heterocycles. The number of carbonyl (C=O) groups excluding carboxylic acids is 1. The maximum atomic E-state index is 12.6. The van der Waals surface area contributed by atoms with Crippen LogP contribution in [0, 0.1) is 11.8 Å². The summed E-state index contributed by atoms with van der Waals surface area (Å²) in [6.45, 7) is 12.0. The van der Waals surface area contributed by atoms with E-state index in [0.717, 1.165) is 91.0 Å². The summed E-state index contributed by atoms with van der Waals surface area (Å²) < 4.78 is 11.0. The van der Waals surface area contributed by atoms with Crippen LogP contribution in [0.3, 0.4) is 0 Å². The molecule has 4 fully saturated rings. The predicted molar refractivity (Wildman–Crippen MR) is 294 cm³/mol. The van der Waals surface area contributed by atoms with E-state index in [4.69, 9.17) is 47.7 Å². The number of aromatic amines is 1. The Bertz CT molecular complexity index is 3120. The van der Waals surface area contributed by atoms with Gasteiger partial charge in [0.15, 0.2) is 17.0 Å². The molecule has 4 aliphatic rings. The van der Waals surface area contributed by atoms with Crippen LogP contribution < -0.4 is 21.4 Å². The fourth-order valence-electron chi connectivity index (χ4n) is 11.6. The molecule has 9 atom stereocenters. The van der Waals surface area contributed by atoms with Crippen molar-refractivity contribution in [1.82, 2.24) is 59.1 Å². The molecule has 2 amide bonds. The van der Waals surface area contributed by atoms with Crippen molar-refractivity contribution in [3.63, 3.8) is 0 Å². The van der Waals surface area contributed by atoms with Gasteiger partial charge in [-0.1, -0.05) is 56.1 Å². The number of amides is 2. The highest BCUT2D eigenvalue weighted by Gasteiger charge is 2.51. The Hall–Kier alpha value is -5.71. The first-order valence-electron chi connectivity index (χ1n) is 26.8. The Morgan fingerprint density at radius 2 is 1.70 bits per heavy atom. The van der Waals surface area contributed by atoms with Crippen LogP contribution in [0.4, 0.5) is 22.1 Å². The summed E-state index contributed by atoms with van der Waals surface area (Å²) in [4.78, 5) is 55.5. The lowest BCUT2D eigenvalue weighted by atomic mass is 9.87. The molecule has 3 saturated carbocycles. The lowest BCUT2D eigenvalue weighted by molar-refractivity contribution is -0.178. The van der Waals surface area contributed by atoms with Gasteiger partial charge < -0.3 is 49.9 Å². The highest BCUT2D eigenvalue weighted by molar-refractivity contribution is 6.42. The minimum absolute atomic E-state index is 0.0351. The van der Waals surface area contributed by atoms with Crippen molar-refractivity contribution in [1.29, 1.82) is 0 Å². The van der Waals surface area contributed by atoms with E-state index in [1.54, 1.807) is 18.7 Å². The van der Waals surface area contributed by atoms with Crippen LogP contribution in [-0.2, 0) is 21.4 Å². The molecule has 5 aromatic heterocycles. The van der Waals surface area contributed by atoms with Gasteiger partial charge in [-0.25, -0.2) is 40.2 Å². The van der Waals surface area contributed by atoms with E-state index in [0.29, 0.717) is 65.5 Å². The average Bonchev–Trinajstić information content (AvgIpc) is 3.73. The van der Waals surface area contributed by atoms with Crippen LogP contribution in [0.15, 0.2) is 67.6 Å². The summed E-state index contributed by atoms with van der Waals surface area (Å²) in [6.07, 6.45) is 11.0. The topological polar surface area (TPSA) is 234 Å². The zero-order chi connectivity index (χ0) is 52.8. The standard InChI is InChI=1S/C54H69Cl2N15O5/c1-30-69(19-7-6-9-43-65-39-23-37(55)38(56)24-40(39)66-43)26-32-22-42(70-20-16-36-49(63-34-14-15-34)58-27-60-51(36)70)48(47(32)75-30)76-67-50-44-52(61-28-59-50)71(29-62-44)41-21-31(45(72)46(41)73)25-68(5)18-8-17-57-53(74)64-35-12-10-33(11-13-35)54(2,3)4/h10-13,16,20,23-24,27-32,34,41-42,45-48,72-73H,6-9,14-15,17-19,21-22,25-26H2,1-5H3,(H,65,66)(H2,57,64,74)(H,58,60,63)(H,59,61,67)/t30?,31-,32-,41-,42-,45-,46+,47-,48+/m1/s1. The van der Waals surface area contributed by atoms with Crippen LogP contribution in [0.1, 0.15) is 96.1 Å². The number of aromatic nitrogens is 9. The Kier molecular flexibility index (Phi) is 15.1. The molecule has 7 N–H and O–H groups in total. The maximum Gasteiger partial charge on any atom is 0.319 e. The Morgan fingerprint density at radius 1 is 0.921 bits per heavy atom. The Balaban J connectivity index is 0.728. The lowest BCUT2D eigenvalue weighted by Crippen LogP contribution is -2.52.